The number of urea groups is 1. The molecule has 1 heterocycles. The van der Waals surface area contributed by atoms with E-state index in [1.54, 1.807) is 13.1 Å². The average Bonchev–Trinajstić information content (AvgIpc) is 2.93. The van der Waals surface area contributed by atoms with Crippen LogP contribution in [0.1, 0.15) is 12.5 Å². The van der Waals surface area contributed by atoms with Gasteiger partial charge in [0.15, 0.2) is 0 Å². The molecule has 0 aliphatic rings. The maximum atomic E-state index is 11.6. The second-order valence-corrected chi connectivity index (χ2v) is 4.58. The third kappa shape index (κ3) is 4.10. The van der Waals surface area contributed by atoms with E-state index in [2.05, 4.69) is 15.7 Å². The Labute approximate surface area is 117 Å². The van der Waals surface area contributed by atoms with E-state index in [0.717, 1.165) is 5.56 Å². The number of aliphatic hydroxyl groups excluding tert-OH is 1. The van der Waals surface area contributed by atoms with Crippen molar-refractivity contribution in [2.24, 2.45) is 0 Å². The molecule has 3 N–H and O–H groups in total. The predicted octanol–water partition coefficient (Wildman–Crippen LogP) is 1.43. The minimum absolute atomic E-state index is 0.0871. The molecule has 20 heavy (non-hydrogen) atoms. The van der Waals surface area contributed by atoms with E-state index in [0.29, 0.717) is 12.2 Å². The van der Waals surface area contributed by atoms with Crippen LogP contribution in [0, 0.1) is 0 Å². The minimum Gasteiger partial charge on any atom is -0.394 e. The monoisotopic (exact) mass is 274 g/mol. The van der Waals surface area contributed by atoms with Crippen molar-refractivity contribution >= 4 is 11.7 Å². The number of benzene rings is 1. The van der Waals surface area contributed by atoms with Crippen molar-refractivity contribution in [1.29, 1.82) is 0 Å². The highest BCUT2D eigenvalue weighted by Crippen LogP contribution is 2.10. The molecule has 0 saturated heterocycles. The highest BCUT2D eigenvalue weighted by Gasteiger charge is 2.05. The topological polar surface area (TPSA) is 79.2 Å². The van der Waals surface area contributed by atoms with Gasteiger partial charge in [0.25, 0.3) is 0 Å². The van der Waals surface area contributed by atoms with Crippen LogP contribution in [0.25, 0.3) is 0 Å². The van der Waals surface area contributed by atoms with Crippen LogP contribution in [0.4, 0.5) is 10.5 Å². The first-order chi connectivity index (χ1) is 9.67. The number of aromatic nitrogens is 2. The summed E-state index contributed by atoms with van der Waals surface area (Å²) in [7, 11) is 0. The predicted molar refractivity (Wildman–Crippen MR) is 76.5 cm³/mol. The van der Waals surface area contributed by atoms with Crippen LogP contribution >= 0.6 is 0 Å². The van der Waals surface area contributed by atoms with Crippen molar-refractivity contribution < 1.29 is 9.90 Å². The minimum atomic E-state index is -0.327. The van der Waals surface area contributed by atoms with Crippen molar-refractivity contribution in [1.82, 2.24) is 15.1 Å². The SMILES string of the molecule is CC(CO)NC(=O)Nc1ccc(Cn2cccn2)cc1. The highest BCUT2D eigenvalue weighted by atomic mass is 16.3. The molecule has 6 nitrogen and oxygen atoms in total. The van der Waals surface area contributed by atoms with E-state index < -0.39 is 0 Å². The number of aliphatic hydroxyl groups is 1. The molecule has 106 valence electrons. The summed E-state index contributed by atoms with van der Waals surface area (Å²) in [5.41, 5.74) is 1.81. The van der Waals surface area contributed by atoms with Gasteiger partial charge in [0.2, 0.25) is 0 Å². The summed E-state index contributed by atoms with van der Waals surface area (Å²) >= 11 is 0. The number of amides is 2. The Balaban J connectivity index is 1.89. The molecule has 2 rings (SSSR count). The molecule has 0 bridgehead atoms. The standard InChI is InChI=1S/C14H18N4O2/c1-11(10-19)16-14(20)17-13-5-3-12(4-6-13)9-18-8-2-7-15-18/h2-8,11,19H,9-10H2,1H3,(H2,16,17,20). The first-order valence-electron chi connectivity index (χ1n) is 6.42. The van der Waals surface area contributed by atoms with Crippen molar-refractivity contribution in [3.63, 3.8) is 0 Å². The summed E-state index contributed by atoms with van der Waals surface area (Å²) in [6.07, 6.45) is 3.64. The Bertz CT molecular complexity index is 537. The second-order valence-electron chi connectivity index (χ2n) is 4.58. The van der Waals surface area contributed by atoms with Crippen molar-refractivity contribution in [3.05, 3.63) is 48.3 Å². The Hall–Kier alpha value is -2.34. The molecule has 2 aromatic rings. The van der Waals surface area contributed by atoms with Gasteiger partial charge in [0, 0.05) is 18.1 Å². The largest absolute Gasteiger partial charge is 0.394 e. The molecular weight excluding hydrogens is 256 g/mol. The lowest BCUT2D eigenvalue weighted by molar-refractivity contribution is 0.229. The van der Waals surface area contributed by atoms with E-state index in [4.69, 9.17) is 5.11 Å². The number of rotatable bonds is 5. The third-order valence-corrected chi connectivity index (χ3v) is 2.77. The van der Waals surface area contributed by atoms with Crippen molar-refractivity contribution in [3.8, 4) is 0 Å². The van der Waals surface area contributed by atoms with Crippen LogP contribution in [0.15, 0.2) is 42.7 Å². The van der Waals surface area contributed by atoms with Crippen LogP contribution in [-0.4, -0.2) is 33.6 Å². The van der Waals surface area contributed by atoms with Gasteiger partial charge >= 0.3 is 6.03 Å². The van der Waals surface area contributed by atoms with Crippen molar-refractivity contribution in [2.45, 2.75) is 19.5 Å². The van der Waals surface area contributed by atoms with Gasteiger partial charge in [-0.25, -0.2) is 4.79 Å². The van der Waals surface area contributed by atoms with Crippen molar-refractivity contribution in [2.75, 3.05) is 11.9 Å². The molecule has 0 saturated carbocycles. The Kier molecular flexibility index (Phi) is 4.73. The zero-order chi connectivity index (χ0) is 14.4. The quantitative estimate of drug-likeness (QED) is 0.771. The van der Waals surface area contributed by atoms with Gasteiger partial charge in [-0.2, -0.15) is 5.10 Å². The Morgan fingerprint density at radius 3 is 2.75 bits per heavy atom. The molecule has 1 aromatic carbocycles. The molecule has 0 spiro atoms. The molecule has 0 aliphatic carbocycles. The fourth-order valence-electron chi connectivity index (χ4n) is 1.71. The first-order valence-corrected chi connectivity index (χ1v) is 6.42. The van der Waals surface area contributed by atoms with Gasteiger partial charge < -0.3 is 15.7 Å². The van der Waals surface area contributed by atoms with Crippen LogP contribution in [0.2, 0.25) is 0 Å². The number of nitrogens with zero attached hydrogens (tertiary/aromatic N) is 2. The number of carbonyl (C=O) groups is 1. The van der Waals surface area contributed by atoms with Gasteiger partial charge in [-0.15, -0.1) is 0 Å². The van der Waals surface area contributed by atoms with Crippen LogP contribution in [0.3, 0.4) is 0 Å². The number of hydrogen-bond donors (Lipinski definition) is 3. The highest BCUT2D eigenvalue weighted by molar-refractivity contribution is 5.89. The van der Waals surface area contributed by atoms with Crippen LogP contribution < -0.4 is 10.6 Å². The summed E-state index contributed by atoms with van der Waals surface area (Å²) in [6, 6.07) is 8.83. The van der Waals surface area contributed by atoms with Crippen LogP contribution in [-0.2, 0) is 6.54 Å². The molecular formula is C14H18N4O2. The zero-order valence-electron chi connectivity index (χ0n) is 11.3. The summed E-state index contributed by atoms with van der Waals surface area (Å²) in [4.78, 5) is 11.6. The Morgan fingerprint density at radius 2 is 2.15 bits per heavy atom. The molecule has 6 heteroatoms. The lowest BCUT2D eigenvalue weighted by Crippen LogP contribution is -2.38. The summed E-state index contributed by atoms with van der Waals surface area (Å²) < 4.78 is 1.83. The second kappa shape index (κ2) is 6.72. The van der Waals surface area contributed by atoms with E-state index in [9.17, 15) is 4.79 Å². The summed E-state index contributed by atoms with van der Waals surface area (Å²) in [5, 5.41) is 18.3. The third-order valence-electron chi connectivity index (χ3n) is 2.77. The fourth-order valence-corrected chi connectivity index (χ4v) is 1.71. The van der Waals surface area contributed by atoms with Crippen LogP contribution in [0.5, 0.6) is 0 Å². The summed E-state index contributed by atoms with van der Waals surface area (Å²) in [5.74, 6) is 0. The molecule has 1 atom stereocenters. The number of anilines is 1. The first kappa shape index (κ1) is 14.1. The zero-order valence-corrected chi connectivity index (χ0v) is 11.3. The average molecular weight is 274 g/mol. The van der Waals surface area contributed by atoms with E-state index in [-0.39, 0.29) is 18.7 Å². The molecule has 0 fully saturated rings. The number of nitrogens with one attached hydrogen (secondary N) is 2. The van der Waals surface area contributed by atoms with Gasteiger partial charge in [-0.1, -0.05) is 12.1 Å². The fraction of sp³-hybridized carbons (Fsp3) is 0.286. The van der Waals surface area contributed by atoms with Gasteiger partial charge in [0.05, 0.1) is 19.2 Å². The normalized spacial score (nSPS) is 11.9. The van der Waals surface area contributed by atoms with Gasteiger partial charge in [0.1, 0.15) is 0 Å². The molecule has 1 unspecified atom stereocenters. The van der Waals surface area contributed by atoms with Gasteiger partial charge in [-0.05, 0) is 30.7 Å². The molecule has 0 radical (unpaired) electrons. The van der Waals surface area contributed by atoms with Gasteiger partial charge in [-0.3, -0.25) is 4.68 Å². The molecule has 1 aromatic heterocycles. The van der Waals surface area contributed by atoms with E-state index in [1.165, 1.54) is 0 Å². The maximum absolute atomic E-state index is 11.6. The smallest absolute Gasteiger partial charge is 0.319 e. The Morgan fingerprint density at radius 1 is 1.40 bits per heavy atom. The summed E-state index contributed by atoms with van der Waals surface area (Å²) in [6.45, 7) is 2.34. The maximum Gasteiger partial charge on any atom is 0.319 e. The molecule has 2 amide bonds. The lowest BCUT2D eigenvalue weighted by Gasteiger charge is -2.12. The van der Waals surface area contributed by atoms with E-state index in [1.807, 2.05) is 41.2 Å². The number of carbonyl (C=O) groups excluding carboxylic acids is 1. The van der Waals surface area contributed by atoms with E-state index >= 15 is 0 Å². The lowest BCUT2D eigenvalue weighted by atomic mass is 10.2. The number of hydrogen-bond acceptors (Lipinski definition) is 3. The molecule has 0 aliphatic heterocycles.